The molecule has 68 heavy (non-hydrogen) atoms. The number of fused-ring (bicyclic) bond motifs is 15. The van der Waals surface area contributed by atoms with Gasteiger partial charge in [0.1, 0.15) is 5.58 Å². The molecule has 14 rings (SSSR count). The van der Waals surface area contributed by atoms with Gasteiger partial charge >= 0.3 is 0 Å². The molecule has 0 fully saturated rings. The normalized spacial score (nSPS) is 11.8. The summed E-state index contributed by atoms with van der Waals surface area (Å²) >= 11 is 0. The predicted molar refractivity (Wildman–Crippen MR) is 288 cm³/mol. The summed E-state index contributed by atoms with van der Waals surface area (Å²) in [5, 5.41) is 17.4. The third-order valence-electron chi connectivity index (χ3n) is 14.1. The fourth-order valence-corrected chi connectivity index (χ4v) is 11.0. The van der Waals surface area contributed by atoms with Gasteiger partial charge in [0.05, 0.1) is 0 Å². The topological polar surface area (TPSA) is 29.3 Å². The number of furan rings is 1. The fourth-order valence-electron chi connectivity index (χ4n) is 11.0. The minimum atomic E-state index is 0.660. The van der Waals surface area contributed by atoms with Crippen molar-refractivity contribution in [3.8, 4) is 33.4 Å². The van der Waals surface area contributed by atoms with E-state index in [9.17, 15) is 0 Å². The van der Waals surface area contributed by atoms with Crippen molar-refractivity contribution in [1.82, 2.24) is 4.98 Å². The van der Waals surface area contributed by atoms with E-state index >= 15 is 0 Å². The lowest BCUT2D eigenvalue weighted by Crippen LogP contribution is -2.09. The molecule has 0 N–H and O–H groups in total. The molecule has 0 unspecified atom stereocenters. The van der Waals surface area contributed by atoms with Crippen LogP contribution in [0.3, 0.4) is 0 Å². The monoisotopic (exact) mass is 864 g/mol. The first-order valence-corrected chi connectivity index (χ1v) is 23.3. The van der Waals surface area contributed by atoms with Gasteiger partial charge in [0.2, 0.25) is 5.71 Å². The first-order chi connectivity index (χ1) is 33.7. The molecule has 0 radical (unpaired) electrons. The summed E-state index contributed by atoms with van der Waals surface area (Å²) in [6.45, 7) is 0. The Morgan fingerprint density at radius 1 is 0.279 bits per heavy atom. The van der Waals surface area contributed by atoms with Crippen molar-refractivity contribution >= 4 is 104 Å². The van der Waals surface area contributed by atoms with Crippen molar-refractivity contribution in [3.63, 3.8) is 0 Å². The van der Waals surface area contributed by atoms with Crippen LogP contribution in [-0.4, -0.2) is 4.98 Å². The highest BCUT2D eigenvalue weighted by molar-refractivity contribution is 6.29. The fraction of sp³-hybridized carbons (Fsp3) is 0. The standard InChI is InChI=1S/C65H40N2O/c1-3-14-54-50(12-1)52-16-5-7-18-56(52)63-48(20-9-22-58(54)63)42-27-34-46(35-28-42)67(45-32-25-41(26-33-45)44-31-38-62-61(40-44)60-24-11-39-66-65(60)68-62)47-36-29-43(30-37-47)49-21-10-23-59-55-15-4-2-13-51(55)53-17-6-8-19-57(53)64(49)59/h1-40H. The Balaban J connectivity index is 0.899. The molecule has 0 amide bonds. The summed E-state index contributed by atoms with van der Waals surface area (Å²) in [6, 6.07) is 86.3. The van der Waals surface area contributed by atoms with E-state index in [0.717, 1.165) is 44.5 Å². The molecule has 14 aromatic rings. The Morgan fingerprint density at radius 3 is 1.10 bits per heavy atom. The van der Waals surface area contributed by atoms with Crippen LogP contribution in [0.15, 0.2) is 247 Å². The molecule has 3 nitrogen and oxygen atoms in total. The Morgan fingerprint density at radius 2 is 0.647 bits per heavy atom. The second-order valence-electron chi connectivity index (χ2n) is 17.8. The molecular formula is C65H40N2O. The number of aromatic nitrogens is 1. The Bertz CT molecular complexity index is 4010. The quantitative estimate of drug-likeness (QED) is 0.156. The molecule has 0 bridgehead atoms. The van der Waals surface area contributed by atoms with E-state index in [0.29, 0.717) is 5.71 Å². The van der Waals surface area contributed by atoms with E-state index in [4.69, 9.17) is 4.42 Å². The van der Waals surface area contributed by atoms with Crippen molar-refractivity contribution in [3.05, 3.63) is 243 Å². The van der Waals surface area contributed by atoms with Crippen LogP contribution in [0, 0.1) is 0 Å². The van der Waals surface area contributed by atoms with E-state index < -0.39 is 0 Å². The Labute approximate surface area is 392 Å². The largest absolute Gasteiger partial charge is 0.438 e. The van der Waals surface area contributed by atoms with E-state index in [1.165, 1.54) is 86.9 Å². The van der Waals surface area contributed by atoms with E-state index in [1.54, 1.807) is 6.20 Å². The lowest BCUT2D eigenvalue weighted by Gasteiger charge is -2.26. The first-order valence-electron chi connectivity index (χ1n) is 23.3. The molecule has 0 aliphatic heterocycles. The second-order valence-corrected chi connectivity index (χ2v) is 17.8. The van der Waals surface area contributed by atoms with Crippen LogP contribution in [0.4, 0.5) is 17.1 Å². The smallest absolute Gasteiger partial charge is 0.227 e. The summed E-state index contributed by atoms with van der Waals surface area (Å²) in [6.07, 6.45) is 1.78. The van der Waals surface area contributed by atoms with E-state index in [2.05, 4.69) is 240 Å². The van der Waals surface area contributed by atoms with Crippen LogP contribution in [0.2, 0.25) is 0 Å². The van der Waals surface area contributed by atoms with Crippen LogP contribution in [0.25, 0.3) is 120 Å². The third kappa shape index (κ3) is 5.96. The minimum Gasteiger partial charge on any atom is -0.438 e. The zero-order valence-corrected chi connectivity index (χ0v) is 36.9. The molecule has 3 heteroatoms. The maximum Gasteiger partial charge on any atom is 0.227 e. The van der Waals surface area contributed by atoms with Crippen LogP contribution in [0.1, 0.15) is 0 Å². The van der Waals surface area contributed by atoms with Gasteiger partial charge in [-0.15, -0.1) is 0 Å². The number of benzene rings is 12. The Kier molecular flexibility index (Phi) is 8.59. The van der Waals surface area contributed by atoms with Gasteiger partial charge in [0.15, 0.2) is 0 Å². The molecule has 0 aliphatic carbocycles. The average molecular weight is 865 g/mol. The van der Waals surface area contributed by atoms with Crippen LogP contribution in [0.5, 0.6) is 0 Å². The number of pyridine rings is 1. The Hall–Kier alpha value is -9.05. The van der Waals surface area contributed by atoms with Gasteiger partial charge in [0.25, 0.3) is 0 Å². The SMILES string of the molecule is c1cnc2oc3ccc(-c4ccc(N(c5ccc(-c6cccc7c8ccccc8c8ccccc8c67)cc5)c5ccc(-c6cccc7c8ccccc8c8ccccc8c67)cc5)cc4)cc3c2c1. The van der Waals surface area contributed by atoms with Gasteiger partial charge in [-0.1, -0.05) is 176 Å². The summed E-state index contributed by atoms with van der Waals surface area (Å²) in [7, 11) is 0. The highest BCUT2D eigenvalue weighted by Crippen LogP contribution is 2.44. The second kappa shape index (κ2) is 15.3. The molecule has 0 atom stereocenters. The molecular weight excluding hydrogens is 825 g/mol. The van der Waals surface area contributed by atoms with Crippen molar-refractivity contribution < 1.29 is 4.42 Å². The summed E-state index contributed by atoms with van der Waals surface area (Å²) in [5.74, 6) is 0. The van der Waals surface area contributed by atoms with E-state index in [1.807, 2.05) is 6.07 Å². The lowest BCUT2D eigenvalue weighted by molar-refractivity contribution is 0.654. The molecule has 316 valence electrons. The van der Waals surface area contributed by atoms with Gasteiger partial charge in [-0.05, 0) is 159 Å². The number of anilines is 3. The van der Waals surface area contributed by atoms with Gasteiger partial charge in [-0.25, -0.2) is 4.98 Å². The van der Waals surface area contributed by atoms with Gasteiger partial charge < -0.3 is 9.32 Å². The summed E-state index contributed by atoms with van der Waals surface area (Å²) in [4.78, 5) is 6.82. The van der Waals surface area contributed by atoms with Gasteiger partial charge in [-0.3, -0.25) is 0 Å². The average Bonchev–Trinajstić information content (AvgIpc) is 3.79. The molecule has 2 heterocycles. The first kappa shape index (κ1) is 38.2. The lowest BCUT2D eigenvalue weighted by atomic mass is 9.89. The highest BCUT2D eigenvalue weighted by Gasteiger charge is 2.18. The zero-order valence-electron chi connectivity index (χ0n) is 36.9. The van der Waals surface area contributed by atoms with Crippen LogP contribution >= 0.6 is 0 Å². The number of nitrogens with zero attached hydrogens (tertiary/aromatic N) is 2. The van der Waals surface area contributed by atoms with Crippen molar-refractivity contribution in [2.24, 2.45) is 0 Å². The third-order valence-corrected chi connectivity index (χ3v) is 14.1. The van der Waals surface area contributed by atoms with Crippen molar-refractivity contribution in [2.75, 3.05) is 4.90 Å². The number of hydrogen-bond acceptors (Lipinski definition) is 3. The minimum absolute atomic E-state index is 0.660. The highest BCUT2D eigenvalue weighted by atomic mass is 16.3. The molecule has 0 aliphatic rings. The molecule has 2 aromatic heterocycles. The summed E-state index contributed by atoms with van der Waals surface area (Å²) < 4.78 is 6.06. The van der Waals surface area contributed by atoms with Gasteiger partial charge in [-0.2, -0.15) is 0 Å². The zero-order chi connectivity index (χ0) is 44.7. The molecule has 0 saturated carbocycles. The van der Waals surface area contributed by atoms with Gasteiger partial charge in [0, 0.05) is 34.0 Å². The number of hydrogen-bond donors (Lipinski definition) is 0. The van der Waals surface area contributed by atoms with Crippen molar-refractivity contribution in [2.45, 2.75) is 0 Å². The summed E-state index contributed by atoms with van der Waals surface area (Å²) in [5.41, 5.74) is 11.8. The van der Waals surface area contributed by atoms with Crippen molar-refractivity contribution in [1.29, 1.82) is 0 Å². The molecule has 0 spiro atoms. The van der Waals surface area contributed by atoms with E-state index in [-0.39, 0.29) is 0 Å². The van der Waals surface area contributed by atoms with Crippen LogP contribution in [-0.2, 0) is 0 Å². The maximum atomic E-state index is 6.06. The predicted octanol–water partition coefficient (Wildman–Crippen LogP) is 18.4. The van der Waals surface area contributed by atoms with Crippen LogP contribution < -0.4 is 4.90 Å². The molecule has 0 saturated heterocycles. The maximum absolute atomic E-state index is 6.06. The molecule has 12 aromatic carbocycles. The number of rotatable bonds is 6.